The molecule has 3 amide bonds. The van der Waals surface area contributed by atoms with Gasteiger partial charge >= 0.3 is 6.09 Å². The third kappa shape index (κ3) is 6.92. The van der Waals surface area contributed by atoms with Crippen molar-refractivity contribution >= 4 is 23.6 Å². The van der Waals surface area contributed by atoms with Crippen LogP contribution in [0.1, 0.15) is 56.8 Å². The molecule has 1 aromatic rings. The number of carbonyl (C=O) groups is 3. The van der Waals surface area contributed by atoms with Crippen molar-refractivity contribution in [2.45, 2.75) is 52.1 Å². The molecule has 1 atom stereocenters. The fourth-order valence-electron chi connectivity index (χ4n) is 3.17. The minimum Gasteiger partial charge on any atom is -0.444 e. The first-order chi connectivity index (χ1) is 12.6. The summed E-state index contributed by atoms with van der Waals surface area (Å²) >= 11 is 0. The van der Waals surface area contributed by atoms with Gasteiger partial charge in [0, 0.05) is 30.8 Å². The number of nitrogens with two attached hydrogens (primary N) is 1. The Hall–Kier alpha value is -2.57. The van der Waals surface area contributed by atoms with Gasteiger partial charge in [-0.05, 0) is 64.2 Å². The molecule has 0 aliphatic carbocycles. The molecule has 1 saturated heterocycles. The van der Waals surface area contributed by atoms with E-state index in [0.29, 0.717) is 43.1 Å². The van der Waals surface area contributed by atoms with E-state index in [9.17, 15) is 14.4 Å². The molecular formula is C20H29N3O4. The van der Waals surface area contributed by atoms with Crippen LogP contribution in [0.4, 0.5) is 10.5 Å². The molecule has 27 heavy (non-hydrogen) atoms. The van der Waals surface area contributed by atoms with Crippen LogP contribution in [0.5, 0.6) is 0 Å². The Morgan fingerprint density at radius 2 is 2.04 bits per heavy atom. The zero-order chi connectivity index (χ0) is 20.0. The normalized spacial score (nSPS) is 17.3. The highest BCUT2D eigenvalue weighted by atomic mass is 16.6. The molecule has 148 valence electrons. The maximum absolute atomic E-state index is 12.8. The van der Waals surface area contributed by atoms with E-state index < -0.39 is 11.7 Å². The van der Waals surface area contributed by atoms with Crippen LogP contribution in [-0.2, 0) is 9.53 Å². The number of piperidine rings is 1. The standard InChI is InChI=1S/C20H29N3O4/c1-20(2,3)27-19(26)22-16-8-4-7-15(12-16)18(25)23-11-5-6-14(13-23)9-10-17(21)24/h4,7-8,12,14H,5-6,9-11,13H2,1-3H3,(H2,21,24)(H,22,26). The minimum atomic E-state index is -0.592. The maximum Gasteiger partial charge on any atom is 0.412 e. The zero-order valence-corrected chi connectivity index (χ0v) is 16.3. The highest BCUT2D eigenvalue weighted by molar-refractivity contribution is 5.96. The van der Waals surface area contributed by atoms with Gasteiger partial charge in [0.15, 0.2) is 0 Å². The predicted molar refractivity (Wildman–Crippen MR) is 103 cm³/mol. The first kappa shape index (κ1) is 20.7. The molecule has 3 N–H and O–H groups in total. The number of benzene rings is 1. The fourth-order valence-corrected chi connectivity index (χ4v) is 3.17. The first-order valence-electron chi connectivity index (χ1n) is 9.32. The summed E-state index contributed by atoms with van der Waals surface area (Å²) in [5.41, 5.74) is 5.66. The van der Waals surface area contributed by atoms with Crippen molar-refractivity contribution in [3.8, 4) is 0 Å². The summed E-state index contributed by atoms with van der Waals surface area (Å²) < 4.78 is 5.24. The number of hydrogen-bond acceptors (Lipinski definition) is 4. The third-order valence-electron chi connectivity index (χ3n) is 4.36. The molecule has 0 saturated carbocycles. The number of rotatable bonds is 5. The van der Waals surface area contributed by atoms with Crippen LogP contribution in [0.2, 0.25) is 0 Å². The first-order valence-corrected chi connectivity index (χ1v) is 9.32. The molecular weight excluding hydrogens is 346 g/mol. The van der Waals surface area contributed by atoms with Gasteiger partial charge in [-0.15, -0.1) is 0 Å². The van der Waals surface area contributed by atoms with Crippen molar-refractivity contribution in [2.75, 3.05) is 18.4 Å². The number of primary amides is 1. The van der Waals surface area contributed by atoms with Crippen molar-refractivity contribution in [3.05, 3.63) is 29.8 Å². The number of anilines is 1. The Morgan fingerprint density at radius 1 is 1.30 bits per heavy atom. The summed E-state index contributed by atoms with van der Waals surface area (Å²) in [6.45, 7) is 6.68. The van der Waals surface area contributed by atoms with Crippen LogP contribution >= 0.6 is 0 Å². The lowest BCUT2D eigenvalue weighted by Crippen LogP contribution is -2.40. The van der Waals surface area contributed by atoms with Crippen LogP contribution in [0.3, 0.4) is 0 Å². The lowest BCUT2D eigenvalue weighted by Gasteiger charge is -2.32. The molecule has 7 heteroatoms. The van der Waals surface area contributed by atoms with Gasteiger partial charge < -0.3 is 15.4 Å². The molecule has 1 fully saturated rings. The Morgan fingerprint density at radius 3 is 2.70 bits per heavy atom. The topological polar surface area (TPSA) is 102 Å². The minimum absolute atomic E-state index is 0.0772. The molecule has 1 heterocycles. The molecule has 1 aliphatic rings. The van der Waals surface area contributed by atoms with Crippen molar-refractivity contribution in [1.82, 2.24) is 4.90 Å². The van der Waals surface area contributed by atoms with Crippen molar-refractivity contribution < 1.29 is 19.1 Å². The van der Waals surface area contributed by atoms with E-state index in [1.807, 2.05) is 4.90 Å². The fraction of sp³-hybridized carbons (Fsp3) is 0.550. The molecule has 2 rings (SSSR count). The molecule has 0 spiro atoms. The highest BCUT2D eigenvalue weighted by Gasteiger charge is 2.25. The van der Waals surface area contributed by atoms with Crippen LogP contribution in [0.15, 0.2) is 24.3 Å². The Labute approximate surface area is 160 Å². The van der Waals surface area contributed by atoms with Gasteiger partial charge in [-0.2, -0.15) is 0 Å². The average molecular weight is 375 g/mol. The van der Waals surface area contributed by atoms with Crippen molar-refractivity contribution in [1.29, 1.82) is 0 Å². The van der Waals surface area contributed by atoms with Gasteiger partial charge in [0.1, 0.15) is 5.60 Å². The second-order valence-electron chi connectivity index (χ2n) is 7.97. The van der Waals surface area contributed by atoms with Gasteiger partial charge in [-0.3, -0.25) is 14.9 Å². The van der Waals surface area contributed by atoms with E-state index in [0.717, 1.165) is 12.8 Å². The Bertz CT molecular complexity index is 697. The monoisotopic (exact) mass is 375 g/mol. The van der Waals surface area contributed by atoms with Gasteiger partial charge in [-0.1, -0.05) is 6.07 Å². The molecule has 0 aromatic heterocycles. The largest absolute Gasteiger partial charge is 0.444 e. The Kier molecular flexibility index (Phi) is 6.82. The maximum atomic E-state index is 12.8. The second-order valence-corrected chi connectivity index (χ2v) is 7.97. The molecule has 1 aromatic carbocycles. The van der Waals surface area contributed by atoms with Gasteiger partial charge in [-0.25, -0.2) is 4.79 Å². The van der Waals surface area contributed by atoms with Crippen LogP contribution < -0.4 is 11.1 Å². The molecule has 1 unspecified atom stereocenters. The summed E-state index contributed by atoms with van der Waals surface area (Å²) in [5.74, 6) is -0.0933. The SMILES string of the molecule is CC(C)(C)OC(=O)Nc1cccc(C(=O)N2CCCC(CCC(N)=O)C2)c1. The number of amides is 3. The van der Waals surface area contributed by atoms with Crippen LogP contribution in [0.25, 0.3) is 0 Å². The number of nitrogens with one attached hydrogen (secondary N) is 1. The lowest BCUT2D eigenvalue weighted by atomic mass is 9.93. The quantitative estimate of drug-likeness (QED) is 0.825. The van der Waals surface area contributed by atoms with Crippen molar-refractivity contribution in [2.24, 2.45) is 11.7 Å². The van der Waals surface area contributed by atoms with E-state index in [4.69, 9.17) is 10.5 Å². The number of nitrogens with zero attached hydrogens (tertiary/aromatic N) is 1. The molecule has 0 radical (unpaired) electrons. The Balaban J connectivity index is 1.99. The number of hydrogen-bond donors (Lipinski definition) is 2. The van der Waals surface area contributed by atoms with Crippen LogP contribution in [0, 0.1) is 5.92 Å². The molecule has 1 aliphatic heterocycles. The summed E-state index contributed by atoms with van der Waals surface area (Å²) in [6, 6.07) is 6.83. The smallest absolute Gasteiger partial charge is 0.412 e. The van der Waals surface area contributed by atoms with E-state index in [2.05, 4.69) is 5.32 Å². The number of ether oxygens (including phenoxy) is 1. The average Bonchev–Trinajstić information content (AvgIpc) is 2.58. The van der Waals surface area contributed by atoms with Gasteiger partial charge in [0.05, 0.1) is 0 Å². The summed E-state index contributed by atoms with van der Waals surface area (Å²) in [7, 11) is 0. The van der Waals surface area contributed by atoms with Gasteiger partial charge in [0.25, 0.3) is 5.91 Å². The second kappa shape index (κ2) is 8.88. The van der Waals surface area contributed by atoms with E-state index in [-0.39, 0.29) is 11.8 Å². The number of carbonyl (C=O) groups excluding carboxylic acids is 3. The van der Waals surface area contributed by atoms with E-state index >= 15 is 0 Å². The van der Waals surface area contributed by atoms with Crippen molar-refractivity contribution in [3.63, 3.8) is 0 Å². The molecule has 0 bridgehead atoms. The zero-order valence-electron chi connectivity index (χ0n) is 16.3. The van der Waals surface area contributed by atoms with Crippen LogP contribution in [-0.4, -0.2) is 41.5 Å². The third-order valence-corrected chi connectivity index (χ3v) is 4.36. The lowest BCUT2D eigenvalue weighted by molar-refractivity contribution is -0.118. The molecule has 7 nitrogen and oxygen atoms in total. The highest BCUT2D eigenvalue weighted by Crippen LogP contribution is 2.23. The summed E-state index contributed by atoms with van der Waals surface area (Å²) in [6.07, 6.45) is 2.40. The number of likely N-dealkylation sites (tertiary alicyclic amines) is 1. The van der Waals surface area contributed by atoms with E-state index in [1.165, 1.54) is 0 Å². The summed E-state index contributed by atoms with van der Waals surface area (Å²) in [4.78, 5) is 37.6. The summed E-state index contributed by atoms with van der Waals surface area (Å²) in [5, 5.41) is 2.65. The van der Waals surface area contributed by atoms with Gasteiger partial charge in [0.2, 0.25) is 5.91 Å². The van der Waals surface area contributed by atoms with E-state index in [1.54, 1.807) is 45.0 Å². The predicted octanol–water partition coefficient (Wildman–Crippen LogP) is 3.15.